The van der Waals surface area contributed by atoms with Gasteiger partial charge in [0.15, 0.2) is 0 Å². The zero-order valence-electron chi connectivity index (χ0n) is 7.30. The first-order chi connectivity index (χ1) is 5.60. The second-order valence-corrected chi connectivity index (χ2v) is 3.32. The Balaban J connectivity index is 3.66. The van der Waals surface area contributed by atoms with Gasteiger partial charge in [0.1, 0.15) is 5.78 Å². The van der Waals surface area contributed by atoms with Gasteiger partial charge >= 0.3 is 5.97 Å². The van der Waals surface area contributed by atoms with Crippen LogP contribution in [0.5, 0.6) is 0 Å². The number of carbonyl (C=O) groups is 2. The molecule has 12 heavy (non-hydrogen) atoms. The summed E-state index contributed by atoms with van der Waals surface area (Å²) in [5.41, 5.74) is 0. The summed E-state index contributed by atoms with van der Waals surface area (Å²) in [4.78, 5) is 21.6. The fourth-order valence-corrected chi connectivity index (χ4v) is 1.11. The third-order valence-electron chi connectivity index (χ3n) is 1.47. The molecular formula is C8H13BrO3. The zero-order valence-corrected chi connectivity index (χ0v) is 8.89. The number of esters is 1. The molecular weight excluding hydrogens is 224 g/mol. The van der Waals surface area contributed by atoms with Crippen molar-refractivity contribution < 1.29 is 14.3 Å². The van der Waals surface area contributed by atoms with E-state index in [1.807, 2.05) is 6.92 Å². The first-order valence-corrected chi connectivity index (χ1v) is 4.86. The summed E-state index contributed by atoms with van der Waals surface area (Å²) in [5.74, 6) is -0.0706. The largest absolute Gasteiger partial charge is 0.469 e. The van der Waals surface area contributed by atoms with Crippen molar-refractivity contribution in [3.8, 4) is 0 Å². The van der Waals surface area contributed by atoms with Crippen LogP contribution < -0.4 is 0 Å². The molecule has 0 radical (unpaired) electrons. The highest BCUT2D eigenvalue weighted by Crippen LogP contribution is 2.09. The Bertz CT molecular complexity index is 150. The molecule has 0 aliphatic heterocycles. The average Bonchev–Trinajstić information content (AvgIpc) is 2.03. The van der Waals surface area contributed by atoms with Gasteiger partial charge in [0.05, 0.1) is 12.4 Å². The molecule has 0 aliphatic carbocycles. The normalized spacial score (nSPS) is 12.2. The molecule has 0 rings (SSSR count). The quantitative estimate of drug-likeness (QED) is 0.538. The molecule has 1 atom stereocenters. The molecule has 0 saturated heterocycles. The van der Waals surface area contributed by atoms with Gasteiger partial charge in [0, 0.05) is 12.8 Å². The fourth-order valence-electron chi connectivity index (χ4n) is 0.883. The summed E-state index contributed by atoms with van der Waals surface area (Å²) < 4.78 is 4.47. The number of Topliss-reactive ketones (excluding diaryl/α,β-unsaturated/α-hetero) is 1. The lowest BCUT2D eigenvalue weighted by atomic mass is 10.0. The van der Waals surface area contributed by atoms with E-state index in [2.05, 4.69) is 20.7 Å². The monoisotopic (exact) mass is 236 g/mol. The van der Waals surface area contributed by atoms with Crippen molar-refractivity contribution in [3.63, 3.8) is 0 Å². The van der Waals surface area contributed by atoms with Gasteiger partial charge in [-0.25, -0.2) is 0 Å². The Morgan fingerprint density at radius 1 is 1.42 bits per heavy atom. The molecule has 0 bridgehead atoms. The minimum absolute atomic E-state index is 0.0718. The molecule has 0 N–H and O–H groups in total. The molecule has 0 aliphatic rings. The van der Waals surface area contributed by atoms with Gasteiger partial charge in [-0.1, -0.05) is 22.9 Å². The summed E-state index contributed by atoms with van der Waals surface area (Å²) in [6.07, 6.45) is 0.746. The van der Waals surface area contributed by atoms with Crippen LogP contribution in [0, 0.1) is 5.92 Å². The van der Waals surface area contributed by atoms with E-state index in [-0.39, 0.29) is 17.7 Å². The van der Waals surface area contributed by atoms with Gasteiger partial charge in [-0.2, -0.15) is 0 Å². The summed E-state index contributed by atoms with van der Waals surface area (Å²) in [6, 6.07) is 0. The first-order valence-electron chi connectivity index (χ1n) is 3.74. The Kier molecular flexibility index (Phi) is 5.98. The molecule has 3 nitrogen and oxygen atoms in total. The molecule has 0 saturated carbocycles. The third kappa shape index (κ3) is 5.29. The van der Waals surface area contributed by atoms with Gasteiger partial charge < -0.3 is 4.74 Å². The van der Waals surface area contributed by atoms with Crippen molar-refractivity contribution in [2.75, 3.05) is 12.4 Å². The molecule has 0 aromatic rings. The number of alkyl halides is 1. The van der Waals surface area contributed by atoms with E-state index in [1.165, 1.54) is 7.11 Å². The first kappa shape index (κ1) is 11.6. The molecule has 0 heterocycles. The number of hydrogen-bond acceptors (Lipinski definition) is 3. The average molecular weight is 237 g/mol. The minimum atomic E-state index is -0.259. The van der Waals surface area contributed by atoms with Crippen LogP contribution in [-0.2, 0) is 14.3 Å². The maximum atomic E-state index is 10.9. The van der Waals surface area contributed by atoms with Crippen LogP contribution in [-0.4, -0.2) is 24.2 Å². The number of halogens is 1. The van der Waals surface area contributed by atoms with Gasteiger partial charge in [0.2, 0.25) is 0 Å². The lowest BCUT2D eigenvalue weighted by molar-refractivity contribution is -0.141. The smallest absolute Gasteiger partial charge is 0.305 e. The maximum absolute atomic E-state index is 10.9. The van der Waals surface area contributed by atoms with Crippen molar-refractivity contribution >= 4 is 27.7 Å². The van der Waals surface area contributed by atoms with Crippen LogP contribution >= 0.6 is 15.9 Å². The van der Waals surface area contributed by atoms with E-state index in [0.29, 0.717) is 18.2 Å². The van der Waals surface area contributed by atoms with Crippen LogP contribution in [0.2, 0.25) is 0 Å². The SMILES string of the molecule is COC(=O)CC(C)CC(=O)CBr. The van der Waals surface area contributed by atoms with Gasteiger partial charge in [-0.15, -0.1) is 0 Å². The van der Waals surface area contributed by atoms with Crippen LogP contribution in [0.25, 0.3) is 0 Å². The van der Waals surface area contributed by atoms with Gasteiger partial charge in [-0.3, -0.25) is 9.59 Å². The molecule has 0 aromatic heterocycles. The van der Waals surface area contributed by atoms with E-state index in [9.17, 15) is 9.59 Å². The van der Waals surface area contributed by atoms with Crippen molar-refractivity contribution in [3.05, 3.63) is 0 Å². The van der Waals surface area contributed by atoms with Crippen molar-refractivity contribution in [2.24, 2.45) is 5.92 Å². The predicted molar refractivity (Wildman–Crippen MR) is 49.2 cm³/mol. The summed E-state index contributed by atoms with van der Waals surface area (Å²) in [5, 5.41) is 0.360. The predicted octanol–water partition coefficient (Wildman–Crippen LogP) is 1.54. The van der Waals surface area contributed by atoms with Crippen molar-refractivity contribution in [2.45, 2.75) is 19.8 Å². The second kappa shape index (κ2) is 6.17. The highest BCUT2D eigenvalue weighted by molar-refractivity contribution is 9.09. The fraction of sp³-hybridized carbons (Fsp3) is 0.750. The van der Waals surface area contributed by atoms with E-state index in [4.69, 9.17) is 0 Å². The molecule has 4 heteroatoms. The number of hydrogen-bond donors (Lipinski definition) is 0. The summed E-state index contributed by atoms with van der Waals surface area (Å²) in [6.45, 7) is 1.86. The molecule has 0 amide bonds. The summed E-state index contributed by atoms with van der Waals surface area (Å²) >= 11 is 3.06. The minimum Gasteiger partial charge on any atom is -0.469 e. The number of ether oxygens (including phenoxy) is 1. The molecule has 1 unspecified atom stereocenters. The van der Waals surface area contributed by atoms with Gasteiger partial charge in [-0.05, 0) is 5.92 Å². The van der Waals surface area contributed by atoms with Crippen LogP contribution in [0.4, 0.5) is 0 Å². The Hall–Kier alpha value is -0.380. The highest BCUT2D eigenvalue weighted by Gasteiger charge is 2.12. The zero-order chi connectivity index (χ0) is 9.56. The van der Waals surface area contributed by atoms with Crippen molar-refractivity contribution in [1.82, 2.24) is 0 Å². The molecule has 0 fully saturated rings. The lowest BCUT2D eigenvalue weighted by Gasteiger charge is -2.06. The van der Waals surface area contributed by atoms with Crippen LogP contribution in [0.15, 0.2) is 0 Å². The Morgan fingerprint density at radius 3 is 2.42 bits per heavy atom. The van der Waals surface area contributed by atoms with Gasteiger partial charge in [0.25, 0.3) is 0 Å². The number of ketones is 1. The molecule has 0 spiro atoms. The van der Waals surface area contributed by atoms with E-state index in [1.54, 1.807) is 0 Å². The second-order valence-electron chi connectivity index (χ2n) is 2.76. The van der Waals surface area contributed by atoms with E-state index < -0.39 is 0 Å². The van der Waals surface area contributed by atoms with Crippen molar-refractivity contribution in [1.29, 1.82) is 0 Å². The standard InChI is InChI=1S/C8H13BrO3/c1-6(3-7(10)5-9)4-8(11)12-2/h6H,3-5H2,1-2H3. The number of rotatable bonds is 5. The Labute approximate surface area is 80.6 Å². The van der Waals surface area contributed by atoms with Crippen LogP contribution in [0.1, 0.15) is 19.8 Å². The van der Waals surface area contributed by atoms with E-state index >= 15 is 0 Å². The van der Waals surface area contributed by atoms with E-state index in [0.717, 1.165) is 0 Å². The highest BCUT2D eigenvalue weighted by atomic mass is 79.9. The summed E-state index contributed by atoms with van der Waals surface area (Å²) in [7, 11) is 1.35. The number of carbonyl (C=O) groups excluding carboxylic acids is 2. The molecule has 70 valence electrons. The Morgan fingerprint density at radius 2 is 2.00 bits per heavy atom. The van der Waals surface area contributed by atoms with Crippen LogP contribution in [0.3, 0.4) is 0 Å². The lowest BCUT2D eigenvalue weighted by Crippen LogP contribution is -2.12. The molecule has 0 aromatic carbocycles. The third-order valence-corrected chi connectivity index (χ3v) is 2.09. The topological polar surface area (TPSA) is 43.4 Å². The maximum Gasteiger partial charge on any atom is 0.305 e. The number of methoxy groups -OCH3 is 1.